The highest BCUT2D eigenvalue weighted by atomic mass is 15.4. The Labute approximate surface area is 183 Å². The summed E-state index contributed by atoms with van der Waals surface area (Å²) < 4.78 is 1.95. The van der Waals surface area contributed by atoms with Crippen LogP contribution in [0.25, 0.3) is 5.65 Å². The largest absolute Gasteiger partial charge is 0.378 e. The van der Waals surface area contributed by atoms with Gasteiger partial charge in [0, 0.05) is 24.1 Å². The van der Waals surface area contributed by atoms with Crippen molar-refractivity contribution in [1.82, 2.24) is 19.8 Å². The summed E-state index contributed by atoms with van der Waals surface area (Å²) in [5, 5.41) is 21.5. The first-order valence-corrected chi connectivity index (χ1v) is 11.9. The fourth-order valence-corrected chi connectivity index (χ4v) is 6.78. The van der Waals surface area contributed by atoms with Crippen molar-refractivity contribution in [3.05, 3.63) is 47.8 Å². The highest BCUT2D eigenvalue weighted by Gasteiger charge is 2.51. The van der Waals surface area contributed by atoms with E-state index in [4.69, 9.17) is 5.10 Å². The van der Waals surface area contributed by atoms with Crippen LogP contribution in [0, 0.1) is 17.8 Å². The zero-order valence-corrected chi connectivity index (χ0v) is 18.5. The molecule has 6 nitrogen and oxygen atoms in total. The summed E-state index contributed by atoms with van der Waals surface area (Å²) >= 11 is 0. The van der Waals surface area contributed by atoms with Crippen molar-refractivity contribution in [2.24, 2.45) is 17.8 Å². The Balaban J connectivity index is 1.35. The summed E-state index contributed by atoms with van der Waals surface area (Å²) in [7, 11) is 0. The number of benzene rings is 1. The monoisotopic (exact) mass is 416 g/mol. The molecule has 4 fully saturated rings. The standard InChI is InChI=1S/C25H32N6/c1-16(2)23-28-29-24-21(26-15-17-6-4-3-5-7-17)11-22(30-31(23)24)27-25-12-18-8-19(13-25)10-20(9-18)14-25/h3-7,11,16,18-20,26H,8-10,12-15H2,1-2H3,(H,27,30). The second-order valence-corrected chi connectivity index (χ2v) is 10.6. The van der Waals surface area contributed by atoms with Crippen molar-refractivity contribution in [2.45, 2.75) is 70.4 Å². The van der Waals surface area contributed by atoms with Crippen LogP contribution in [0.2, 0.25) is 0 Å². The molecule has 0 aliphatic heterocycles. The van der Waals surface area contributed by atoms with Gasteiger partial charge in [-0.1, -0.05) is 44.2 Å². The molecule has 0 radical (unpaired) electrons. The number of aromatic nitrogens is 4. The molecule has 31 heavy (non-hydrogen) atoms. The van der Waals surface area contributed by atoms with Gasteiger partial charge in [0.25, 0.3) is 0 Å². The van der Waals surface area contributed by atoms with E-state index in [9.17, 15) is 0 Å². The first kappa shape index (κ1) is 19.1. The van der Waals surface area contributed by atoms with Crippen molar-refractivity contribution in [3.8, 4) is 0 Å². The minimum absolute atomic E-state index is 0.220. The normalized spacial score (nSPS) is 29.1. The molecule has 4 bridgehead atoms. The lowest BCUT2D eigenvalue weighted by Gasteiger charge is -2.57. The van der Waals surface area contributed by atoms with E-state index >= 15 is 0 Å². The molecule has 0 saturated heterocycles. The Morgan fingerprint density at radius 3 is 2.32 bits per heavy atom. The van der Waals surface area contributed by atoms with E-state index in [0.29, 0.717) is 0 Å². The van der Waals surface area contributed by atoms with E-state index in [-0.39, 0.29) is 11.5 Å². The zero-order valence-electron chi connectivity index (χ0n) is 18.5. The van der Waals surface area contributed by atoms with Crippen LogP contribution < -0.4 is 10.6 Å². The second-order valence-electron chi connectivity index (χ2n) is 10.6. The van der Waals surface area contributed by atoms with E-state index in [2.05, 4.69) is 71.1 Å². The Bertz CT molecular complexity index is 1050. The van der Waals surface area contributed by atoms with Gasteiger partial charge < -0.3 is 10.6 Å². The Morgan fingerprint density at radius 1 is 1.00 bits per heavy atom. The first-order chi connectivity index (χ1) is 15.1. The highest BCUT2D eigenvalue weighted by Crippen LogP contribution is 2.56. The minimum atomic E-state index is 0.220. The summed E-state index contributed by atoms with van der Waals surface area (Å²) in [5.74, 6) is 4.83. The summed E-state index contributed by atoms with van der Waals surface area (Å²) in [5.41, 5.74) is 3.26. The Kier molecular flexibility index (Phi) is 4.44. The number of nitrogens with one attached hydrogen (secondary N) is 2. The molecule has 0 atom stereocenters. The molecule has 1 aromatic carbocycles. The van der Waals surface area contributed by atoms with E-state index < -0.39 is 0 Å². The number of nitrogens with zero attached hydrogens (tertiary/aromatic N) is 4. The third kappa shape index (κ3) is 3.46. The number of fused-ring (bicyclic) bond motifs is 1. The van der Waals surface area contributed by atoms with E-state index in [1.54, 1.807) is 0 Å². The average molecular weight is 417 g/mol. The Hall–Kier alpha value is -2.63. The molecule has 6 heteroatoms. The maximum absolute atomic E-state index is 4.99. The van der Waals surface area contributed by atoms with Crippen molar-refractivity contribution in [3.63, 3.8) is 0 Å². The van der Waals surface area contributed by atoms with Crippen LogP contribution in [0.4, 0.5) is 11.5 Å². The Morgan fingerprint density at radius 2 is 1.68 bits per heavy atom. The number of hydrogen-bond acceptors (Lipinski definition) is 5. The molecule has 7 rings (SSSR count). The molecule has 2 heterocycles. The van der Waals surface area contributed by atoms with Crippen LogP contribution in [-0.4, -0.2) is 25.4 Å². The van der Waals surface area contributed by atoms with Gasteiger partial charge in [0.1, 0.15) is 5.82 Å². The number of rotatable bonds is 6. The van der Waals surface area contributed by atoms with Gasteiger partial charge >= 0.3 is 0 Å². The second kappa shape index (κ2) is 7.21. The summed E-state index contributed by atoms with van der Waals surface area (Å²) in [4.78, 5) is 0. The topological polar surface area (TPSA) is 67.1 Å². The SMILES string of the molecule is CC(C)c1nnc2c(NCc3ccccc3)cc(NC34CC5CC(CC(C5)C3)C4)nn12. The molecular formula is C25H32N6. The smallest absolute Gasteiger partial charge is 0.201 e. The molecule has 2 N–H and O–H groups in total. The van der Waals surface area contributed by atoms with Gasteiger partial charge in [-0.25, -0.2) is 0 Å². The van der Waals surface area contributed by atoms with Crippen molar-refractivity contribution in [1.29, 1.82) is 0 Å². The molecular weight excluding hydrogens is 384 g/mol. The minimum Gasteiger partial charge on any atom is -0.378 e. The van der Waals surface area contributed by atoms with Crippen molar-refractivity contribution < 1.29 is 0 Å². The molecule has 162 valence electrons. The fraction of sp³-hybridized carbons (Fsp3) is 0.560. The van der Waals surface area contributed by atoms with E-state index in [1.165, 1.54) is 44.1 Å². The average Bonchev–Trinajstić information content (AvgIpc) is 3.16. The highest BCUT2D eigenvalue weighted by molar-refractivity contribution is 5.70. The summed E-state index contributed by atoms with van der Waals surface area (Å²) in [6, 6.07) is 12.6. The van der Waals surface area contributed by atoms with Crippen LogP contribution in [-0.2, 0) is 6.54 Å². The van der Waals surface area contributed by atoms with Gasteiger partial charge in [-0.2, -0.15) is 4.52 Å². The molecule has 0 spiro atoms. The molecule has 4 aliphatic rings. The molecule has 4 saturated carbocycles. The van der Waals surface area contributed by atoms with Crippen molar-refractivity contribution in [2.75, 3.05) is 10.6 Å². The van der Waals surface area contributed by atoms with Gasteiger partial charge in [-0.05, 0) is 61.8 Å². The van der Waals surface area contributed by atoms with E-state index in [0.717, 1.165) is 47.3 Å². The van der Waals surface area contributed by atoms with Crippen LogP contribution in [0.1, 0.15) is 69.7 Å². The molecule has 3 aromatic rings. The van der Waals surface area contributed by atoms with Gasteiger partial charge in [0.2, 0.25) is 5.65 Å². The van der Waals surface area contributed by atoms with Crippen LogP contribution in [0.3, 0.4) is 0 Å². The van der Waals surface area contributed by atoms with Crippen LogP contribution in [0.15, 0.2) is 36.4 Å². The van der Waals surface area contributed by atoms with Gasteiger partial charge in [-0.15, -0.1) is 15.3 Å². The maximum Gasteiger partial charge on any atom is 0.201 e. The van der Waals surface area contributed by atoms with Crippen LogP contribution in [0.5, 0.6) is 0 Å². The zero-order chi connectivity index (χ0) is 21.0. The quantitative estimate of drug-likeness (QED) is 0.575. The van der Waals surface area contributed by atoms with Gasteiger partial charge in [0.05, 0.1) is 5.69 Å². The lowest BCUT2D eigenvalue weighted by Crippen LogP contribution is -2.54. The number of hydrogen-bond donors (Lipinski definition) is 2. The number of anilines is 2. The third-order valence-electron chi connectivity index (χ3n) is 7.67. The first-order valence-electron chi connectivity index (χ1n) is 11.9. The summed E-state index contributed by atoms with van der Waals surface area (Å²) in [6.07, 6.45) is 8.22. The van der Waals surface area contributed by atoms with Crippen molar-refractivity contribution >= 4 is 17.2 Å². The third-order valence-corrected chi connectivity index (χ3v) is 7.67. The molecule has 4 aliphatic carbocycles. The molecule has 0 unspecified atom stereocenters. The van der Waals surface area contributed by atoms with Crippen LogP contribution >= 0.6 is 0 Å². The summed E-state index contributed by atoms with van der Waals surface area (Å²) in [6.45, 7) is 5.05. The molecule has 2 aromatic heterocycles. The lowest BCUT2D eigenvalue weighted by atomic mass is 9.53. The fourth-order valence-electron chi connectivity index (χ4n) is 6.78. The maximum atomic E-state index is 4.99. The van der Waals surface area contributed by atoms with Gasteiger partial charge in [0.15, 0.2) is 5.82 Å². The van der Waals surface area contributed by atoms with E-state index in [1.807, 2.05) is 4.52 Å². The lowest BCUT2D eigenvalue weighted by molar-refractivity contribution is 0.0105. The predicted molar refractivity (Wildman–Crippen MR) is 123 cm³/mol. The molecule has 0 amide bonds. The van der Waals surface area contributed by atoms with Gasteiger partial charge in [-0.3, -0.25) is 0 Å². The predicted octanol–water partition coefficient (Wildman–Crippen LogP) is 5.24.